The molecule has 4 aromatic carbocycles. The summed E-state index contributed by atoms with van der Waals surface area (Å²) < 4.78 is 0. The summed E-state index contributed by atoms with van der Waals surface area (Å²) in [5.41, 5.74) is 3.04. The molecule has 78 heavy (non-hydrogen) atoms. The first-order chi connectivity index (χ1) is 37.7. The number of ketones is 1. The van der Waals surface area contributed by atoms with E-state index < -0.39 is 36.3 Å². The van der Waals surface area contributed by atoms with Crippen LogP contribution in [0.2, 0.25) is 0 Å². The monoisotopic (exact) mass is 1070 g/mol. The zero-order valence-electron chi connectivity index (χ0n) is 46.7. The highest BCUT2D eigenvalue weighted by atomic mass is 16.3. The molecule has 14 nitrogen and oxygen atoms in total. The summed E-state index contributed by atoms with van der Waals surface area (Å²) >= 11 is 0. The number of β-amino-alcohol motifs (C(OH)–C–C–N with tert-alkyl or cyclic N) is 2. The number of rotatable bonds is 23. The Morgan fingerprint density at radius 3 is 1.54 bits per heavy atom. The number of fused-ring (bicyclic) bond motifs is 1. The number of aliphatic hydroxyl groups is 2. The molecule has 14 heteroatoms. The molecular weight excluding hydrogens is 981 g/mol. The zero-order valence-corrected chi connectivity index (χ0v) is 46.7. The van der Waals surface area contributed by atoms with Gasteiger partial charge in [0.05, 0.1) is 30.3 Å². The van der Waals surface area contributed by atoms with E-state index in [4.69, 9.17) is 0 Å². The Kier molecular flexibility index (Phi) is 20.7. The first-order valence-electron chi connectivity index (χ1n) is 29.4. The molecule has 0 radical (unpaired) electrons. The number of hydrogen-bond donors (Lipinski definition) is 4. The van der Waals surface area contributed by atoms with Gasteiger partial charge in [-0.2, -0.15) is 0 Å². The summed E-state index contributed by atoms with van der Waals surface area (Å²) in [6.45, 7) is 7.11. The second kappa shape index (κ2) is 27.8. The fourth-order valence-corrected chi connectivity index (χ4v) is 12.7. The smallest absolute Gasteiger partial charge is 0.253 e. The molecule has 0 aromatic heterocycles. The van der Waals surface area contributed by atoms with Crippen LogP contribution in [-0.4, -0.2) is 148 Å². The molecule has 0 unspecified atom stereocenters. The number of aliphatic hydroxyl groups excluding tert-OH is 2. The molecule has 8 atom stereocenters. The lowest BCUT2D eigenvalue weighted by Gasteiger charge is -2.37. The second-order valence-electron chi connectivity index (χ2n) is 23.2. The van der Waals surface area contributed by atoms with Crippen molar-refractivity contribution >= 4 is 46.1 Å². The summed E-state index contributed by atoms with van der Waals surface area (Å²) in [6, 6.07) is 28.9. The molecule has 2 aliphatic carbocycles. The summed E-state index contributed by atoms with van der Waals surface area (Å²) in [6.07, 6.45) is 10.8. The van der Waals surface area contributed by atoms with Crippen molar-refractivity contribution in [2.24, 2.45) is 23.7 Å². The zero-order chi connectivity index (χ0) is 55.3. The first kappa shape index (κ1) is 58.2. The molecule has 2 aliphatic heterocycles. The number of carbonyl (C=O) groups is 6. The van der Waals surface area contributed by atoms with Gasteiger partial charge in [0, 0.05) is 68.7 Å². The van der Waals surface area contributed by atoms with Crippen molar-refractivity contribution in [3.05, 3.63) is 119 Å². The number of carbonyl (C=O) groups excluding carboxylic acids is 6. The van der Waals surface area contributed by atoms with Crippen LogP contribution in [0.1, 0.15) is 143 Å². The van der Waals surface area contributed by atoms with Crippen molar-refractivity contribution in [1.82, 2.24) is 30.2 Å². The van der Waals surface area contributed by atoms with Crippen LogP contribution in [-0.2, 0) is 32.0 Å². The molecule has 4 fully saturated rings. The van der Waals surface area contributed by atoms with E-state index in [-0.39, 0.29) is 91.7 Å². The van der Waals surface area contributed by atoms with E-state index >= 15 is 0 Å². The summed E-state index contributed by atoms with van der Waals surface area (Å²) in [5, 5.41) is 30.1. The quantitative estimate of drug-likeness (QED) is 0.0573. The summed E-state index contributed by atoms with van der Waals surface area (Å²) in [7, 11) is 1.75. The predicted molar refractivity (Wildman–Crippen MR) is 304 cm³/mol. The van der Waals surface area contributed by atoms with Gasteiger partial charge >= 0.3 is 0 Å². The highest BCUT2D eigenvalue weighted by Gasteiger charge is 2.44. The Morgan fingerprint density at radius 1 is 0.615 bits per heavy atom. The van der Waals surface area contributed by atoms with Crippen LogP contribution in [0.5, 0.6) is 0 Å². The van der Waals surface area contributed by atoms with Crippen molar-refractivity contribution in [1.29, 1.82) is 0 Å². The van der Waals surface area contributed by atoms with Crippen LogP contribution in [0.4, 0.5) is 0 Å². The minimum absolute atomic E-state index is 0.00101. The Labute approximate surface area is 462 Å². The number of hydrogen-bond acceptors (Lipinski definition) is 9. The van der Waals surface area contributed by atoms with Crippen LogP contribution in [0.25, 0.3) is 10.8 Å². The topological polar surface area (TPSA) is 180 Å². The second-order valence-corrected chi connectivity index (χ2v) is 23.2. The maximum absolute atomic E-state index is 14.9. The molecule has 2 saturated heterocycles. The van der Waals surface area contributed by atoms with E-state index in [0.717, 1.165) is 86.1 Å². The number of nitrogens with one attached hydrogen (secondary N) is 2. The fourth-order valence-electron chi connectivity index (χ4n) is 12.7. The third kappa shape index (κ3) is 14.8. The van der Waals surface area contributed by atoms with Crippen LogP contribution in [0.15, 0.2) is 97.1 Å². The number of Topliss-reactive ketones (excluding diaryl/α,β-unsaturated/α-hetero) is 1. The third-order valence-corrected chi connectivity index (χ3v) is 17.8. The molecular formula is C64H86N6O8. The van der Waals surface area contributed by atoms with Crippen molar-refractivity contribution in [3.63, 3.8) is 0 Å². The van der Waals surface area contributed by atoms with Gasteiger partial charge in [0.25, 0.3) is 11.8 Å². The standard InChI is InChI=1S/C64H86N6O8/c1-5-43(2)60(74)66-59(48-24-16-9-17-25-48)64(78)70-42-56(72)37-54(70)40-68(33-31-46-20-12-7-13-21-46)62(76)52-29-27-49-34-51(28-26-50(49)35-52)61(75)67(32-30-45-18-10-6-11-19-45)39-53-36-55(71)41-69(53)63(77)57(38-58(73)44(3)65-4)47-22-14-8-15-23-47/h6-7,10-13,18-21,26-29,34-35,43-44,47-48,53-57,59,65,71-72H,5,8-9,14-17,22-25,30-33,36-42H2,1-4H3,(H,66,74)/t43-,44+,53+,54+,55-,56-,57+,59+/m1/s1. The number of nitrogens with zero attached hydrogens (tertiary/aromatic N) is 4. The average molecular weight is 1070 g/mol. The third-order valence-electron chi connectivity index (χ3n) is 17.8. The SMILES string of the molecule is CC[C@@H](C)C(=O)N[C@H](C(=O)N1C[C@H](O)C[C@H]1CN(CCc1ccccc1)C(=O)c1ccc2cc(C(=O)N(CCc3ccccc3)C[C@@H]3C[C@@H](O)CN3C(=O)[C@@H](CC(=O)[C@H](C)NC)C3CCCCC3)ccc2c1)C1CCCCC1. The van der Waals surface area contributed by atoms with Crippen molar-refractivity contribution in [2.75, 3.05) is 46.3 Å². The Bertz CT molecular complexity index is 2480. The van der Waals surface area contributed by atoms with Crippen molar-refractivity contribution < 1.29 is 39.0 Å². The van der Waals surface area contributed by atoms with E-state index in [9.17, 15) is 39.0 Å². The van der Waals surface area contributed by atoms with Crippen LogP contribution >= 0.6 is 0 Å². The maximum atomic E-state index is 14.9. The minimum atomic E-state index is -0.770. The molecule has 2 saturated carbocycles. The number of likely N-dealkylation sites (N-methyl/N-ethyl adjacent to an activating group) is 1. The Hall–Kier alpha value is -5.96. The highest BCUT2D eigenvalue weighted by Crippen LogP contribution is 2.36. The molecule has 4 N–H and O–H groups in total. The average Bonchev–Trinajstić information content (AvgIpc) is 4.05. The molecule has 0 bridgehead atoms. The largest absolute Gasteiger partial charge is 0.391 e. The van der Waals surface area contributed by atoms with E-state index in [0.29, 0.717) is 56.3 Å². The molecule has 5 amide bonds. The van der Waals surface area contributed by atoms with Gasteiger partial charge < -0.3 is 40.4 Å². The van der Waals surface area contributed by atoms with Gasteiger partial charge in [-0.3, -0.25) is 28.8 Å². The number of likely N-dealkylation sites (tertiary alicyclic amines) is 2. The summed E-state index contributed by atoms with van der Waals surface area (Å²) in [5.74, 6) is -1.51. The molecule has 4 aliphatic rings. The molecule has 4 aromatic rings. The van der Waals surface area contributed by atoms with Gasteiger partial charge in [-0.15, -0.1) is 0 Å². The summed E-state index contributed by atoms with van der Waals surface area (Å²) in [4.78, 5) is 93.2. The minimum Gasteiger partial charge on any atom is -0.391 e. The van der Waals surface area contributed by atoms with Gasteiger partial charge in [-0.1, -0.05) is 125 Å². The Balaban J connectivity index is 1.03. The van der Waals surface area contributed by atoms with Crippen LogP contribution in [0.3, 0.4) is 0 Å². The fraction of sp³-hybridized carbons (Fsp3) is 0.562. The highest BCUT2D eigenvalue weighted by molar-refractivity contribution is 6.02. The first-order valence-corrected chi connectivity index (χ1v) is 29.4. The maximum Gasteiger partial charge on any atom is 0.253 e. The lowest BCUT2D eigenvalue weighted by Crippen LogP contribution is -2.56. The van der Waals surface area contributed by atoms with Gasteiger partial charge in [-0.25, -0.2) is 0 Å². The lowest BCUT2D eigenvalue weighted by atomic mass is 9.76. The van der Waals surface area contributed by atoms with E-state index in [2.05, 4.69) is 10.6 Å². The van der Waals surface area contributed by atoms with Crippen LogP contribution < -0.4 is 10.6 Å². The van der Waals surface area contributed by atoms with Crippen molar-refractivity contribution in [2.45, 2.75) is 160 Å². The van der Waals surface area contributed by atoms with Gasteiger partial charge in [0.1, 0.15) is 11.8 Å². The van der Waals surface area contributed by atoms with E-state index in [1.807, 2.05) is 106 Å². The lowest BCUT2D eigenvalue weighted by molar-refractivity contribution is -0.142. The van der Waals surface area contributed by atoms with E-state index in [1.165, 1.54) is 0 Å². The normalized spacial score (nSPS) is 21.7. The molecule has 420 valence electrons. The van der Waals surface area contributed by atoms with Gasteiger partial charge in [0.15, 0.2) is 0 Å². The Morgan fingerprint density at radius 2 is 1.08 bits per heavy atom. The number of amides is 5. The number of benzene rings is 4. The van der Waals surface area contributed by atoms with E-state index in [1.54, 1.807) is 38.8 Å². The van der Waals surface area contributed by atoms with Gasteiger partial charge in [0.2, 0.25) is 17.7 Å². The van der Waals surface area contributed by atoms with Crippen LogP contribution in [0, 0.1) is 23.7 Å². The van der Waals surface area contributed by atoms with Crippen molar-refractivity contribution in [3.8, 4) is 0 Å². The molecule has 0 spiro atoms. The molecule has 8 rings (SSSR count). The molecule has 2 heterocycles. The van der Waals surface area contributed by atoms with Gasteiger partial charge in [-0.05, 0) is 130 Å². The predicted octanol–water partition coefficient (Wildman–Crippen LogP) is 8.01.